The van der Waals surface area contributed by atoms with E-state index in [0.717, 1.165) is 75.0 Å². The second-order valence-corrected chi connectivity index (χ2v) is 13.6. The van der Waals surface area contributed by atoms with Crippen LogP contribution in [-0.4, -0.2) is 36.5 Å². The van der Waals surface area contributed by atoms with Gasteiger partial charge in [0.25, 0.3) is 0 Å². The Morgan fingerprint density at radius 2 is 0.879 bits per heavy atom. The summed E-state index contributed by atoms with van der Waals surface area (Å²) >= 11 is 14.4. The number of hydrogen-bond donors (Lipinski definition) is 0. The largest absolute Gasteiger partial charge is 0.381 e. The van der Waals surface area contributed by atoms with Crippen LogP contribution in [0, 0.1) is 34.5 Å². The molecule has 0 unspecified atom stereocenters. The molecule has 0 aromatic rings. The average Bonchev–Trinajstić information content (AvgIpc) is 2.88. The lowest BCUT2D eigenvalue weighted by Gasteiger charge is -2.67. The number of ketones is 1. The Kier molecular flexibility index (Phi) is 7.20. The van der Waals surface area contributed by atoms with Crippen molar-refractivity contribution in [1.82, 2.24) is 0 Å². The van der Waals surface area contributed by atoms with E-state index in [2.05, 4.69) is 0 Å². The van der Waals surface area contributed by atoms with E-state index < -0.39 is 15.2 Å². The van der Waals surface area contributed by atoms with E-state index in [0.29, 0.717) is 18.0 Å². The minimum Gasteiger partial charge on any atom is -0.381 e. The lowest BCUT2D eigenvalue weighted by molar-refractivity contribution is -0.173. The number of alkyl halides is 2. The molecule has 5 saturated carbocycles. The number of Topliss-reactive ketones (excluding diaryl/α,β-unsaturated/α-hetero) is 1. The molecule has 5 aliphatic carbocycles. The summed E-state index contributed by atoms with van der Waals surface area (Å²) in [6.45, 7) is 0. The Hall–Kier alpha value is 0.170. The van der Waals surface area contributed by atoms with Gasteiger partial charge in [0.15, 0.2) is 5.78 Å². The third kappa shape index (κ3) is 3.94. The van der Waals surface area contributed by atoms with Gasteiger partial charge in [-0.2, -0.15) is 0 Å². The van der Waals surface area contributed by atoms with Crippen molar-refractivity contribution in [2.45, 2.75) is 119 Å². The molecule has 0 amide bonds. The van der Waals surface area contributed by atoms with E-state index in [1.807, 2.05) is 14.2 Å². The fraction of sp³-hybridized carbons (Fsp3) is 0.964. The number of rotatable bonds is 4. The first-order chi connectivity index (χ1) is 15.9. The molecule has 5 heteroatoms. The van der Waals surface area contributed by atoms with Crippen LogP contribution >= 0.6 is 23.2 Å². The van der Waals surface area contributed by atoms with Crippen LogP contribution in [0.1, 0.15) is 103 Å². The van der Waals surface area contributed by atoms with Gasteiger partial charge in [-0.15, -0.1) is 0 Å². The molecule has 5 fully saturated rings. The Morgan fingerprint density at radius 3 is 1.15 bits per heavy atom. The number of ether oxygens (including phenoxy) is 2. The monoisotopic (exact) mass is 498 g/mol. The van der Waals surface area contributed by atoms with Crippen molar-refractivity contribution >= 4 is 29.0 Å². The number of methoxy groups -OCH3 is 2. The fourth-order valence-corrected chi connectivity index (χ4v) is 10.1. The van der Waals surface area contributed by atoms with Crippen molar-refractivity contribution in [2.75, 3.05) is 14.2 Å². The van der Waals surface area contributed by atoms with Crippen molar-refractivity contribution in [1.29, 1.82) is 0 Å². The van der Waals surface area contributed by atoms with Crippen LogP contribution in [-0.2, 0) is 14.3 Å². The van der Waals surface area contributed by atoms with Gasteiger partial charge in [0.05, 0.1) is 23.0 Å². The number of carbonyl (C=O) groups excluding carboxylic acids is 1. The summed E-state index contributed by atoms with van der Waals surface area (Å²) in [5, 5.41) is 0. The van der Waals surface area contributed by atoms with Gasteiger partial charge in [-0.3, -0.25) is 4.79 Å². The van der Waals surface area contributed by atoms with Gasteiger partial charge < -0.3 is 9.47 Å². The van der Waals surface area contributed by atoms with Gasteiger partial charge in [0, 0.05) is 14.2 Å². The van der Waals surface area contributed by atoms with Crippen molar-refractivity contribution in [3.8, 4) is 0 Å². The molecule has 33 heavy (non-hydrogen) atoms. The van der Waals surface area contributed by atoms with Gasteiger partial charge in [-0.05, 0) is 126 Å². The minimum atomic E-state index is -0.867. The van der Waals surface area contributed by atoms with Gasteiger partial charge in [0.2, 0.25) is 0 Å². The number of hydrogen-bond acceptors (Lipinski definition) is 3. The molecule has 0 atom stereocenters. The summed E-state index contributed by atoms with van der Waals surface area (Å²) in [6, 6.07) is 0. The van der Waals surface area contributed by atoms with E-state index in [4.69, 9.17) is 32.7 Å². The maximum atomic E-state index is 13.9. The topological polar surface area (TPSA) is 35.5 Å². The molecule has 0 radical (unpaired) electrons. The van der Waals surface area contributed by atoms with Crippen molar-refractivity contribution < 1.29 is 14.3 Å². The van der Waals surface area contributed by atoms with Gasteiger partial charge in [0.1, 0.15) is 4.33 Å². The summed E-state index contributed by atoms with van der Waals surface area (Å²) in [5.41, 5.74) is -0.945. The standard InChI is InChI=1S/C28H44Cl2O3/c1-32-23-7-3-19(4-8-23)21-11-15-26(16-12-21)25(31)27(28(26,29)30)17-13-22(14-18-27)20-5-9-24(33-2)10-6-20/h19-24H,3-18H2,1-2H3/t19?,20?,21-,22?,23?,24?,26+,27-. The molecule has 0 aromatic carbocycles. The first kappa shape index (κ1) is 24.8. The molecule has 3 nitrogen and oxygen atoms in total. The van der Waals surface area contributed by atoms with Crippen LogP contribution in [0.5, 0.6) is 0 Å². The zero-order valence-electron chi connectivity index (χ0n) is 20.8. The van der Waals surface area contributed by atoms with E-state index in [9.17, 15) is 4.79 Å². The molecule has 0 bridgehead atoms. The van der Waals surface area contributed by atoms with Crippen LogP contribution in [0.4, 0.5) is 0 Å². The van der Waals surface area contributed by atoms with Gasteiger partial charge in [-0.25, -0.2) is 0 Å². The van der Waals surface area contributed by atoms with Gasteiger partial charge in [-0.1, -0.05) is 23.2 Å². The minimum absolute atomic E-state index is 0.433. The van der Waals surface area contributed by atoms with E-state index in [1.54, 1.807) is 0 Å². The molecular weight excluding hydrogens is 455 g/mol. The SMILES string of the molecule is COC1CCC(C2CC[C@]3(CC2)C(=O)[C@@]2(CC[C@@H](C4CCC(OC)CC4)CC2)C3(Cl)Cl)CC1. The third-order valence-electron chi connectivity index (χ3n) is 11.3. The average molecular weight is 500 g/mol. The molecule has 5 aliphatic rings. The first-order valence-electron chi connectivity index (χ1n) is 13.8. The second-order valence-electron chi connectivity index (χ2n) is 12.3. The van der Waals surface area contributed by atoms with Crippen molar-refractivity contribution in [3.05, 3.63) is 0 Å². The van der Waals surface area contributed by atoms with Gasteiger partial charge >= 0.3 is 0 Å². The molecule has 0 aliphatic heterocycles. The smallest absolute Gasteiger partial charge is 0.151 e. The Balaban J connectivity index is 1.17. The van der Waals surface area contributed by atoms with E-state index >= 15 is 0 Å². The highest BCUT2D eigenvalue weighted by molar-refractivity contribution is 6.55. The van der Waals surface area contributed by atoms with Crippen LogP contribution < -0.4 is 0 Å². The predicted molar refractivity (Wildman–Crippen MR) is 134 cm³/mol. The maximum absolute atomic E-state index is 13.9. The lowest BCUT2D eigenvalue weighted by atomic mass is 9.41. The molecule has 2 spiro atoms. The summed E-state index contributed by atoms with van der Waals surface area (Å²) in [4.78, 5) is 13.9. The fourth-order valence-electron chi connectivity index (χ4n) is 9.02. The molecule has 0 heterocycles. The quantitative estimate of drug-likeness (QED) is 0.376. The summed E-state index contributed by atoms with van der Waals surface area (Å²) < 4.78 is 10.3. The Bertz CT molecular complexity index is 634. The Labute approximate surface area is 211 Å². The second kappa shape index (κ2) is 9.56. The third-order valence-corrected chi connectivity index (χ3v) is 12.7. The molecule has 0 saturated heterocycles. The summed E-state index contributed by atoms with van der Waals surface area (Å²) in [7, 11) is 3.68. The molecule has 0 N–H and O–H groups in total. The van der Waals surface area contributed by atoms with E-state index in [-0.39, 0.29) is 0 Å². The lowest BCUT2D eigenvalue weighted by Crippen LogP contribution is -2.74. The van der Waals surface area contributed by atoms with E-state index in [1.165, 1.54) is 51.4 Å². The Morgan fingerprint density at radius 1 is 0.576 bits per heavy atom. The number of carbonyl (C=O) groups is 1. The number of halogens is 2. The summed E-state index contributed by atoms with van der Waals surface area (Å²) in [6.07, 6.45) is 18.8. The first-order valence-corrected chi connectivity index (χ1v) is 14.6. The molecule has 188 valence electrons. The molecule has 5 rings (SSSR count). The highest BCUT2D eigenvalue weighted by Crippen LogP contribution is 2.75. The van der Waals surface area contributed by atoms with Crippen LogP contribution in [0.2, 0.25) is 0 Å². The van der Waals surface area contributed by atoms with Crippen molar-refractivity contribution in [3.63, 3.8) is 0 Å². The van der Waals surface area contributed by atoms with Crippen LogP contribution in [0.25, 0.3) is 0 Å². The highest BCUT2D eigenvalue weighted by Gasteiger charge is 2.79. The zero-order chi connectivity index (χ0) is 23.3. The molecule has 0 aromatic heterocycles. The normalized spacial score (nSPS) is 48.1. The van der Waals surface area contributed by atoms with Crippen LogP contribution in [0.3, 0.4) is 0 Å². The predicted octanol–water partition coefficient (Wildman–Crippen LogP) is 7.51. The maximum Gasteiger partial charge on any atom is 0.151 e. The summed E-state index contributed by atoms with van der Waals surface area (Å²) in [5.74, 6) is 3.49. The van der Waals surface area contributed by atoms with Crippen LogP contribution in [0.15, 0.2) is 0 Å². The zero-order valence-corrected chi connectivity index (χ0v) is 22.3. The molecular formula is C28H44Cl2O3. The van der Waals surface area contributed by atoms with Crippen molar-refractivity contribution in [2.24, 2.45) is 34.5 Å². The highest BCUT2D eigenvalue weighted by atomic mass is 35.5.